The number of rotatable bonds is 4. The number of ether oxygens (including phenoxy) is 1. The maximum Gasteiger partial charge on any atom is 0.140 e. The summed E-state index contributed by atoms with van der Waals surface area (Å²) in [6.45, 7) is -0.166. The van der Waals surface area contributed by atoms with Crippen molar-refractivity contribution >= 4 is 31.9 Å². The summed E-state index contributed by atoms with van der Waals surface area (Å²) in [4.78, 5) is 0. The Balaban J connectivity index is 2.02. The first kappa shape index (κ1) is 16.5. The van der Waals surface area contributed by atoms with Crippen molar-refractivity contribution in [2.24, 2.45) is 0 Å². The Morgan fingerprint density at radius 2 is 0.952 bits per heavy atom. The first-order valence-corrected chi connectivity index (χ1v) is 7.31. The highest BCUT2D eigenvalue weighted by Crippen LogP contribution is 2.23. The largest absolute Gasteiger partial charge is 0.372 e. The molecule has 0 aromatic heterocycles. The second kappa shape index (κ2) is 6.89. The van der Waals surface area contributed by atoms with Crippen LogP contribution in [-0.2, 0) is 18.0 Å². The van der Waals surface area contributed by atoms with E-state index in [1.807, 2.05) is 0 Å². The van der Waals surface area contributed by atoms with Crippen molar-refractivity contribution in [3.8, 4) is 0 Å². The van der Waals surface area contributed by atoms with Gasteiger partial charge in [-0.1, -0.05) is 0 Å². The molecule has 0 atom stereocenters. The van der Waals surface area contributed by atoms with Crippen molar-refractivity contribution in [1.82, 2.24) is 0 Å². The van der Waals surface area contributed by atoms with E-state index in [2.05, 4.69) is 31.9 Å². The Hall–Kier alpha value is -0.920. The minimum atomic E-state index is -0.741. The van der Waals surface area contributed by atoms with Crippen molar-refractivity contribution in [3.63, 3.8) is 0 Å². The molecule has 0 aliphatic carbocycles. The Labute approximate surface area is 135 Å². The molecule has 0 fully saturated rings. The van der Waals surface area contributed by atoms with Gasteiger partial charge in [-0.05, 0) is 67.3 Å². The van der Waals surface area contributed by atoms with Crippen molar-refractivity contribution < 1.29 is 22.3 Å². The summed E-state index contributed by atoms with van der Waals surface area (Å²) in [5.41, 5.74) is 0.567. The predicted molar refractivity (Wildman–Crippen MR) is 76.6 cm³/mol. The fourth-order valence-corrected chi connectivity index (χ4v) is 2.13. The predicted octanol–water partition coefficient (Wildman–Crippen LogP) is 5.48. The highest BCUT2D eigenvalue weighted by molar-refractivity contribution is 9.10. The molecule has 2 aromatic rings. The molecule has 0 aliphatic heterocycles. The molecule has 1 nitrogen and oxygen atoms in total. The fraction of sp³-hybridized carbons (Fsp3) is 0.143. The number of hydrogen-bond acceptors (Lipinski definition) is 1. The van der Waals surface area contributed by atoms with Crippen molar-refractivity contribution in [1.29, 1.82) is 0 Å². The van der Waals surface area contributed by atoms with Gasteiger partial charge in [0.05, 0.1) is 22.2 Å². The van der Waals surface area contributed by atoms with E-state index in [0.717, 1.165) is 24.3 Å². The standard InChI is InChI=1S/C14H8Br2F4O/c15-13-9(17)1-7(2-10(13)18)5-21-6-8-3-11(19)14(16)12(20)4-8/h1-4H,5-6H2. The van der Waals surface area contributed by atoms with E-state index in [1.54, 1.807) is 0 Å². The molecule has 2 rings (SSSR count). The molecule has 0 unspecified atom stereocenters. The zero-order chi connectivity index (χ0) is 15.6. The molecular weight excluding hydrogens is 420 g/mol. The number of halogens is 6. The van der Waals surface area contributed by atoms with Gasteiger partial charge in [0.15, 0.2) is 0 Å². The third-order valence-electron chi connectivity index (χ3n) is 2.62. The Bertz CT molecular complexity index is 573. The van der Waals surface area contributed by atoms with E-state index in [1.165, 1.54) is 0 Å². The highest BCUT2D eigenvalue weighted by Gasteiger charge is 2.10. The summed E-state index contributed by atoms with van der Waals surface area (Å²) in [5, 5.41) is 0. The average Bonchev–Trinajstić information content (AvgIpc) is 2.42. The van der Waals surface area contributed by atoms with Gasteiger partial charge >= 0.3 is 0 Å². The van der Waals surface area contributed by atoms with Crippen LogP contribution in [0.15, 0.2) is 33.2 Å². The maximum atomic E-state index is 13.3. The SMILES string of the molecule is Fc1cc(COCc2cc(F)c(Br)c(F)c2)cc(F)c1Br. The highest BCUT2D eigenvalue weighted by atomic mass is 79.9. The zero-order valence-electron chi connectivity index (χ0n) is 10.4. The lowest BCUT2D eigenvalue weighted by Crippen LogP contribution is -1.98. The van der Waals surface area contributed by atoms with Gasteiger partial charge in [0, 0.05) is 0 Å². The van der Waals surface area contributed by atoms with Crippen molar-refractivity contribution in [2.75, 3.05) is 0 Å². The molecule has 7 heteroatoms. The molecule has 0 heterocycles. The fourth-order valence-electron chi connectivity index (χ4n) is 1.67. The van der Waals surface area contributed by atoms with Crippen LogP contribution >= 0.6 is 31.9 Å². The summed E-state index contributed by atoms with van der Waals surface area (Å²) < 4.78 is 57.9. The summed E-state index contributed by atoms with van der Waals surface area (Å²) in [5.74, 6) is -2.97. The average molecular weight is 428 g/mol. The van der Waals surface area contributed by atoms with Crippen LogP contribution in [0.3, 0.4) is 0 Å². The minimum absolute atomic E-state index is 0.0829. The van der Waals surface area contributed by atoms with E-state index >= 15 is 0 Å². The third-order valence-corrected chi connectivity index (χ3v) is 4.14. The van der Waals surface area contributed by atoms with Gasteiger partial charge in [-0.2, -0.15) is 0 Å². The zero-order valence-corrected chi connectivity index (χ0v) is 13.6. The minimum Gasteiger partial charge on any atom is -0.372 e. The second-order valence-electron chi connectivity index (χ2n) is 4.24. The van der Waals surface area contributed by atoms with E-state index < -0.39 is 23.3 Å². The van der Waals surface area contributed by atoms with E-state index in [-0.39, 0.29) is 33.3 Å². The quantitative estimate of drug-likeness (QED) is 0.463. The van der Waals surface area contributed by atoms with E-state index in [4.69, 9.17) is 4.74 Å². The van der Waals surface area contributed by atoms with Crippen molar-refractivity contribution in [2.45, 2.75) is 13.2 Å². The van der Waals surface area contributed by atoms with Crippen LogP contribution in [0.4, 0.5) is 17.6 Å². The Morgan fingerprint density at radius 1 is 0.667 bits per heavy atom. The van der Waals surface area contributed by atoms with Gasteiger partial charge in [-0.25, -0.2) is 17.6 Å². The molecule has 0 spiro atoms. The lowest BCUT2D eigenvalue weighted by atomic mass is 10.2. The molecule has 0 N–H and O–H groups in total. The van der Waals surface area contributed by atoms with E-state index in [0.29, 0.717) is 0 Å². The van der Waals surface area contributed by atoms with Gasteiger partial charge in [0.25, 0.3) is 0 Å². The lowest BCUT2D eigenvalue weighted by Gasteiger charge is -2.07. The van der Waals surface area contributed by atoms with Gasteiger partial charge in [-0.15, -0.1) is 0 Å². The van der Waals surface area contributed by atoms with Crippen LogP contribution in [0.5, 0.6) is 0 Å². The Morgan fingerprint density at radius 3 is 1.24 bits per heavy atom. The molecule has 0 radical (unpaired) electrons. The number of benzene rings is 2. The molecular formula is C14H8Br2F4O. The normalized spacial score (nSPS) is 11.0. The van der Waals surface area contributed by atoms with Crippen LogP contribution in [0.2, 0.25) is 0 Å². The molecule has 0 saturated heterocycles. The van der Waals surface area contributed by atoms with Crippen LogP contribution in [-0.4, -0.2) is 0 Å². The molecule has 112 valence electrons. The van der Waals surface area contributed by atoms with Gasteiger partial charge in [0.1, 0.15) is 23.3 Å². The number of hydrogen-bond donors (Lipinski definition) is 0. The monoisotopic (exact) mass is 426 g/mol. The van der Waals surface area contributed by atoms with E-state index in [9.17, 15) is 17.6 Å². The molecule has 21 heavy (non-hydrogen) atoms. The van der Waals surface area contributed by atoms with Gasteiger partial charge < -0.3 is 4.74 Å². The van der Waals surface area contributed by atoms with Crippen LogP contribution in [0.1, 0.15) is 11.1 Å². The first-order chi connectivity index (χ1) is 9.88. The molecule has 0 aliphatic rings. The van der Waals surface area contributed by atoms with Crippen molar-refractivity contribution in [3.05, 3.63) is 67.6 Å². The first-order valence-electron chi connectivity index (χ1n) is 5.73. The summed E-state index contributed by atoms with van der Waals surface area (Å²) >= 11 is 5.52. The Kier molecular flexibility index (Phi) is 5.40. The van der Waals surface area contributed by atoms with Crippen LogP contribution < -0.4 is 0 Å². The smallest absolute Gasteiger partial charge is 0.140 e. The molecule has 0 bridgehead atoms. The second-order valence-corrected chi connectivity index (χ2v) is 5.83. The maximum absolute atomic E-state index is 13.3. The topological polar surface area (TPSA) is 9.23 Å². The summed E-state index contributed by atoms with van der Waals surface area (Å²) in [6.07, 6.45) is 0. The van der Waals surface area contributed by atoms with Gasteiger partial charge in [-0.3, -0.25) is 0 Å². The third kappa shape index (κ3) is 4.05. The summed E-state index contributed by atoms with van der Waals surface area (Å²) in [7, 11) is 0. The van der Waals surface area contributed by atoms with Gasteiger partial charge in [0.2, 0.25) is 0 Å². The molecule has 0 amide bonds. The van der Waals surface area contributed by atoms with Crippen LogP contribution in [0, 0.1) is 23.3 Å². The summed E-state index contributed by atoms with van der Waals surface area (Å²) in [6, 6.07) is 4.48. The van der Waals surface area contributed by atoms with Crippen LogP contribution in [0.25, 0.3) is 0 Å². The lowest BCUT2D eigenvalue weighted by molar-refractivity contribution is 0.106. The molecule has 0 saturated carbocycles. The molecule has 2 aromatic carbocycles.